The molecular weight excluding hydrogens is 443 g/mol. The van der Waals surface area contributed by atoms with E-state index in [0.717, 1.165) is 29.3 Å². The summed E-state index contributed by atoms with van der Waals surface area (Å²) in [7, 11) is 5.67. The van der Waals surface area contributed by atoms with E-state index in [1.807, 2.05) is 62.6 Å². The van der Waals surface area contributed by atoms with Crippen LogP contribution < -0.4 is 20.5 Å². The number of methoxy groups -OCH3 is 1. The van der Waals surface area contributed by atoms with Gasteiger partial charge in [-0.05, 0) is 43.9 Å². The molecule has 0 heterocycles. The first-order chi connectivity index (χ1) is 12.1. The fraction of sp³-hybridized carbons (Fsp3) is 0.316. The van der Waals surface area contributed by atoms with E-state index < -0.39 is 0 Å². The number of hydrogen-bond acceptors (Lipinski definition) is 4. The van der Waals surface area contributed by atoms with Gasteiger partial charge in [0.05, 0.1) is 13.7 Å². The van der Waals surface area contributed by atoms with Crippen molar-refractivity contribution in [3.63, 3.8) is 0 Å². The molecule has 26 heavy (non-hydrogen) atoms. The van der Waals surface area contributed by atoms with Gasteiger partial charge >= 0.3 is 0 Å². The van der Waals surface area contributed by atoms with Crippen LogP contribution in [0.15, 0.2) is 53.5 Å². The van der Waals surface area contributed by atoms with Gasteiger partial charge in [-0.1, -0.05) is 18.2 Å². The molecular formula is C19H27IN4O2. The molecule has 0 saturated heterocycles. The fourth-order valence-electron chi connectivity index (χ4n) is 2.14. The normalized spacial score (nSPS) is 11.0. The van der Waals surface area contributed by atoms with E-state index in [4.69, 9.17) is 15.2 Å². The molecule has 6 nitrogen and oxygen atoms in total. The fourth-order valence-corrected chi connectivity index (χ4v) is 2.14. The van der Waals surface area contributed by atoms with Crippen LogP contribution in [0.25, 0.3) is 0 Å². The summed E-state index contributed by atoms with van der Waals surface area (Å²) in [6, 6.07) is 15.4. The highest BCUT2D eigenvalue weighted by molar-refractivity contribution is 14.0. The van der Waals surface area contributed by atoms with Gasteiger partial charge in [0.15, 0.2) is 5.96 Å². The highest BCUT2D eigenvalue weighted by Crippen LogP contribution is 2.17. The summed E-state index contributed by atoms with van der Waals surface area (Å²) < 4.78 is 10.9. The van der Waals surface area contributed by atoms with Crippen molar-refractivity contribution in [2.45, 2.75) is 6.54 Å². The SMILES string of the molecule is COc1cccc(NC(N)=NCc2cccc(OCCN(C)C)c2)c1.I. The maximum Gasteiger partial charge on any atom is 0.193 e. The molecule has 0 unspecified atom stereocenters. The van der Waals surface area contributed by atoms with Crippen LogP contribution in [0.5, 0.6) is 11.5 Å². The number of nitrogens with one attached hydrogen (secondary N) is 1. The molecule has 7 heteroatoms. The molecule has 0 bridgehead atoms. The van der Waals surface area contributed by atoms with Crippen LogP contribution in [-0.4, -0.2) is 45.2 Å². The summed E-state index contributed by atoms with van der Waals surface area (Å²) in [6.45, 7) is 2.01. The van der Waals surface area contributed by atoms with Gasteiger partial charge in [-0.15, -0.1) is 24.0 Å². The molecule has 2 aromatic rings. The average molecular weight is 470 g/mol. The molecule has 0 fully saturated rings. The quantitative estimate of drug-likeness (QED) is 0.352. The van der Waals surface area contributed by atoms with Crippen molar-refractivity contribution in [3.05, 3.63) is 54.1 Å². The highest BCUT2D eigenvalue weighted by atomic mass is 127. The topological polar surface area (TPSA) is 72.1 Å². The Morgan fingerprint density at radius 3 is 2.58 bits per heavy atom. The minimum Gasteiger partial charge on any atom is -0.497 e. The number of halogens is 1. The van der Waals surface area contributed by atoms with E-state index in [1.54, 1.807) is 7.11 Å². The second-order valence-electron chi connectivity index (χ2n) is 5.86. The molecule has 0 aromatic heterocycles. The second kappa shape index (κ2) is 11.6. The minimum atomic E-state index is 0. The zero-order chi connectivity index (χ0) is 18.1. The van der Waals surface area contributed by atoms with Crippen LogP contribution in [0.4, 0.5) is 5.69 Å². The van der Waals surface area contributed by atoms with Crippen LogP contribution >= 0.6 is 24.0 Å². The summed E-state index contributed by atoms with van der Waals surface area (Å²) >= 11 is 0. The first-order valence-electron chi connectivity index (χ1n) is 8.14. The van der Waals surface area contributed by atoms with Crippen molar-refractivity contribution in [2.75, 3.05) is 39.7 Å². The maximum absolute atomic E-state index is 5.96. The number of likely N-dealkylation sites (N-methyl/N-ethyl adjacent to an activating group) is 1. The van der Waals surface area contributed by atoms with Gasteiger partial charge in [0.1, 0.15) is 18.1 Å². The third-order valence-electron chi connectivity index (χ3n) is 3.48. The maximum atomic E-state index is 5.96. The van der Waals surface area contributed by atoms with Gasteiger partial charge < -0.3 is 25.4 Å². The van der Waals surface area contributed by atoms with Crippen molar-refractivity contribution in [1.82, 2.24) is 4.90 Å². The Balaban J connectivity index is 0.00000338. The number of hydrogen-bond donors (Lipinski definition) is 2. The molecule has 0 radical (unpaired) electrons. The van der Waals surface area contributed by atoms with Gasteiger partial charge in [-0.3, -0.25) is 0 Å². The molecule has 0 aliphatic carbocycles. The summed E-state index contributed by atoms with van der Waals surface area (Å²) in [5.74, 6) is 1.96. The van der Waals surface area contributed by atoms with E-state index in [0.29, 0.717) is 19.1 Å². The Morgan fingerprint density at radius 2 is 1.85 bits per heavy atom. The van der Waals surface area contributed by atoms with Crippen LogP contribution in [0.1, 0.15) is 5.56 Å². The lowest BCUT2D eigenvalue weighted by Crippen LogP contribution is -2.22. The summed E-state index contributed by atoms with van der Waals surface area (Å²) in [6.07, 6.45) is 0. The van der Waals surface area contributed by atoms with E-state index in [9.17, 15) is 0 Å². The van der Waals surface area contributed by atoms with E-state index >= 15 is 0 Å². The molecule has 142 valence electrons. The van der Waals surface area contributed by atoms with Crippen molar-refractivity contribution < 1.29 is 9.47 Å². The summed E-state index contributed by atoms with van der Waals surface area (Å²) in [5.41, 5.74) is 7.83. The number of aliphatic imine (C=N–C) groups is 1. The lowest BCUT2D eigenvalue weighted by molar-refractivity contribution is 0.261. The Kier molecular flexibility index (Phi) is 9.82. The second-order valence-corrected chi connectivity index (χ2v) is 5.86. The molecule has 0 spiro atoms. The van der Waals surface area contributed by atoms with Gasteiger partial charge in [-0.2, -0.15) is 0 Å². The van der Waals surface area contributed by atoms with Crippen LogP contribution in [0, 0.1) is 0 Å². The number of anilines is 1. The Morgan fingerprint density at radius 1 is 1.12 bits per heavy atom. The summed E-state index contributed by atoms with van der Waals surface area (Å²) in [4.78, 5) is 6.46. The standard InChI is InChI=1S/C19H26N4O2.HI/c1-23(2)10-11-25-18-9-4-6-15(12-18)14-21-19(20)22-16-7-5-8-17(13-16)24-3;/h4-9,12-13H,10-11,14H2,1-3H3,(H3,20,21,22);1H. The number of nitrogens with two attached hydrogens (primary N) is 1. The van der Waals surface area contributed by atoms with Gasteiger partial charge in [0.25, 0.3) is 0 Å². The van der Waals surface area contributed by atoms with E-state index in [2.05, 4.69) is 15.2 Å². The first-order valence-corrected chi connectivity index (χ1v) is 8.14. The molecule has 2 rings (SSSR count). The third-order valence-corrected chi connectivity index (χ3v) is 3.48. The van der Waals surface area contributed by atoms with Crippen molar-refractivity contribution in [2.24, 2.45) is 10.7 Å². The third kappa shape index (κ3) is 7.92. The molecule has 0 amide bonds. The van der Waals surface area contributed by atoms with Crippen molar-refractivity contribution in [3.8, 4) is 11.5 Å². The summed E-state index contributed by atoms with van der Waals surface area (Å²) in [5, 5.41) is 3.06. The largest absolute Gasteiger partial charge is 0.497 e. The molecule has 0 aliphatic heterocycles. The van der Waals surface area contributed by atoms with Gasteiger partial charge in [0, 0.05) is 18.3 Å². The average Bonchev–Trinajstić information content (AvgIpc) is 2.60. The first kappa shape index (κ1) is 22.0. The minimum absolute atomic E-state index is 0. The Labute approximate surface area is 172 Å². The number of guanidine groups is 1. The molecule has 2 aromatic carbocycles. The predicted octanol–water partition coefficient (Wildman–Crippen LogP) is 3.18. The Hall–Kier alpha value is -2.00. The number of benzene rings is 2. The number of rotatable bonds is 8. The highest BCUT2D eigenvalue weighted by Gasteiger charge is 2.00. The van der Waals surface area contributed by atoms with Crippen molar-refractivity contribution >= 4 is 35.6 Å². The zero-order valence-electron chi connectivity index (χ0n) is 15.4. The lowest BCUT2D eigenvalue weighted by Gasteiger charge is -2.11. The van der Waals surface area contributed by atoms with Crippen molar-refractivity contribution in [1.29, 1.82) is 0 Å². The monoisotopic (exact) mass is 470 g/mol. The molecule has 0 atom stereocenters. The molecule has 3 N–H and O–H groups in total. The van der Waals surface area contributed by atoms with E-state index in [-0.39, 0.29) is 24.0 Å². The Bertz CT molecular complexity index is 707. The van der Waals surface area contributed by atoms with Gasteiger partial charge in [0.2, 0.25) is 0 Å². The van der Waals surface area contributed by atoms with Gasteiger partial charge in [-0.25, -0.2) is 4.99 Å². The zero-order valence-corrected chi connectivity index (χ0v) is 17.8. The molecule has 0 saturated carbocycles. The van der Waals surface area contributed by atoms with E-state index in [1.165, 1.54) is 0 Å². The number of nitrogens with zero attached hydrogens (tertiary/aromatic N) is 2. The van der Waals surface area contributed by atoms with Crippen LogP contribution in [0.2, 0.25) is 0 Å². The molecule has 0 aliphatic rings. The number of ether oxygens (including phenoxy) is 2. The van der Waals surface area contributed by atoms with Crippen LogP contribution in [-0.2, 0) is 6.54 Å². The lowest BCUT2D eigenvalue weighted by atomic mass is 10.2. The van der Waals surface area contributed by atoms with Crippen LogP contribution in [0.3, 0.4) is 0 Å². The predicted molar refractivity (Wildman–Crippen MR) is 118 cm³/mol. The smallest absolute Gasteiger partial charge is 0.193 e.